The van der Waals surface area contributed by atoms with Gasteiger partial charge >= 0.3 is 0 Å². The van der Waals surface area contributed by atoms with Crippen LogP contribution in [0, 0.1) is 13.8 Å². The largest absolute Gasteiger partial charge is 0.495 e. The molecule has 3 heteroatoms. The normalized spacial score (nSPS) is 10.5. The minimum Gasteiger partial charge on any atom is -0.495 e. The Morgan fingerprint density at radius 1 is 1.40 bits per heavy atom. The van der Waals surface area contributed by atoms with E-state index in [1.54, 1.807) is 7.11 Å². The fourth-order valence-electron chi connectivity index (χ4n) is 1.59. The molecule has 1 N–H and O–H groups in total. The zero-order valence-corrected chi connectivity index (χ0v) is 11.4. The van der Waals surface area contributed by atoms with Crippen molar-refractivity contribution >= 4 is 15.9 Å². The number of methoxy groups -OCH3 is 1. The molecular formula is C12H18BrNO. The number of hydrogen-bond donors (Lipinski definition) is 1. The van der Waals surface area contributed by atoms with Crippen LogP contribution in [0.4, 0.5) is 0 Å². The van der Waals surface area contributed by atoms with Crippen molar-refractivity contribution in [2.75, 3.05) is 20.7 Å². The Labute approximate surface area is 100 Å². The molecule has 0 bridgehead atoms. The Kier molecular flexibility index (Phi) is 4.61. The molecule has 2 nitrogen and oxygen atoms in total. The lowest BCUT2D eigenvalue weighted by Gasteiger charge is -2.14. The zero-order valence-electron chi connectivity index (χ0n) is 9.78. The molecule has 0 heterocycles. The van der Waals surface area contributed by atoms with E-state index in [4.69, 9.17) is 4.74 Å². The summed E-state index contributed by atoms with van der Waals surface area (Å²) in [5, 5.41) is 3.15. The molecule has 1 rings (SSSR count). The quantitative estimate of drug-likeness (QED) is 0.910. The topological polar surface area (TPSA) is 21.3 Å². The lowest BCUT2D eigenvalue weighted by molar-refractivity contribution is 0.406. The molecule has 0 unspecified atom stereocenters. The van der Waals surface area contributed by atoms with Crippen LogP contribution in [-0.2, 0) is 6.42 Å². The zero-order chi connectivity index (χ0) is 11.4. The van der Waals surface area contributed by atoms with Gasteiger partial charge in [0.25, 0.3) is 0 Å². The van der Waals surface area contributed by atoms with Gasteiger partial charge in [-0.05, 0) is 66.5 Å². The fourth-order valence-corrected chi connectivity index (χ4v) is 2.31. The summed E-state index contributed by atoms with van der Waals surface area (Å²) in [5.74, 6) is 0.966. The maximum atomic E-state index is 5.43. The average molecular weight is 272 g/mol. The third-order valence-electron chi connectivity index (χ3n) is 2.65. The van der Waals surface area contributed by atoms with Gasteiger partial charge in [0.15, 0.2) is 0 Å². The van der Waals surface area contributed by atoms with Gasteiger partial charge in [0.1, 0.15) is 5.75 Å². The van der Waals surface area contributed by atoms with E-state index in [2.05, 4.69) is 41.2 Å². The second-order valence-electron chi connectivity index (χ2n) is 3.68. The van der Waals surface area contributed by atoms with Crippen LogP contribution >= 0.6 is 15.9 Å². The first kappa shape index (κ1) is 12.5. The summed E-state index contributed by atoms with van der Waals surface area (Å²) in [4.78, 5) is 0. The van der Waals surface area contributed by atoms with E-state index in [0.29, 0.717) is 0 Å². The molecular weight excluding hydrogens is 254 g/mol. The SMILES string of the molecule is CNCCc1cc(C)c(C)c(Br)c1OC. The Morgan fingerprint density at radius 3 is 2.60 bits per heavy atom. The van der Waals surface area contributed by atoms with Crippen LogP contribution < -0.4 is 10.1 Å². The van der Waals surface area contributed by atoms with Crippen LogP contribution in [0.25, 0.3) is 0 Å². The maximum Gasteiger partial charge on any atom is 0.136 e. The number of rotatable bonds is 4. The second-order valence-corrected chi connectivity index (χ2v) is 4.47. The lowest BCUT2D eigenvalue weighted by Crippen LogP contribution is -2.11. The Bertz CT molecular complexity index is 350. The minimum atomic E-state index is 0.964. The minimum absolute atomic E-state index is 0.964. The number of aryl methyl sites for hydroxylation is 1. The van der Waals surface area contributed by atoms with Crippen LogP contribution in [0.3, 0.4) is 0 Å². The van der Waals surface area contributed by atoms with Gasteiger partial charge in [0.05, 0.1) is 11.6 Å². The average Bonchev–Trinajstić information content (AvgIpc) is 2.23. The predicted octanol–water partition coefficient (Wildman–Crippen LogP) is 2.84. The van der Waals surface area contributed by atoms with Crippen molar-refractivity contribution < 1.29 is 4.74 Å². The van der Waals surface area contributed by atoms with Crippen LogP contribution in [-0.4, -0.2) is 20.7 Å². The molecule has 84 valence electrons. The van der Waals surface area contributed by atoms with Gasteiger partial charge in [-0.3, -0.25) is 0 Å². The van der Waals surface area contributed by atoms with E-state index in [9.17, 15) is 0 Å². The third-order valence-corrected chi connectivity index (χ3v) is 3.61. The van der Waals surface area contributed by atoms with Crippen molar-refractivity contribution in [2.45, 2.75) is 20.3 Å². The van der Waals surface area contributed by atoms with Gasteiger partial charge in [-0.25, -0.2) is 0 Å². The van der Waals surface area contributed by atoms with Crippen LogP contribution in [0.2, 0.25) is 0 Å². The van der Waals surface area contributed by atoms with Crippen molar-refractivity contribution in [3.05, 3.63) is 27.2 Å². The first-order chi connectivity index (χ1) is 7.11. The standard InChI is InChI=1S/C12H18BrNO/c1-8-7-10(5-6-14-3)12(15-4)11(13)9(8)2/h7,14H,5-6H2,1-4H3. The van der Waals surface area contributed by atoms with Crippen LogP contribution in [0.1, 0.15) is 16.7 Å². The highest BCUT2D eigenvalue weighted by Crippen LogP contribution is 2.34. The monoisotopic (exact) mass is 271 g/mol. The van der Waals surface area contributed by atoms with Crippen molar-refractivity contribution in [2.24, 2.45) is 0 Å². The number of benzene rings is 1. The Morgan fingerprint density at radius 2 is 2.07 bits per heavy atom. The van der Waals surface area contributed by atoms with Gasteiger partial charge < -0.3 is 10.1 Å². The van der Waals surface area contributed by atoms with E-state index in [1.807, 2.05) is 7.05 Å². The molecule has 0 aliphatic carbocycles. The van der Waals surface area contributed by atoms with Crippen LogP contribution in [0.15, 0.2) is 10.5 Å². The van der Waals surface area contributed by atoms with Gasteiger partial charge in [0.2, 0.25) is 0 Å². The smallest absolute Gasteiger partial charge is 0.136 e. The molecule has 0 aromatic heterocycles. The highest BCUT2D eigenvalue weighted by atomic mass is 79.9. The Hall–Kier alpha value is -0.540. The second kappa shape index (κ2) is 5.52. The van der Waals surface area contributed by atoms with E-state index < -0.39 is 0 Å². The number of ether oxygens (including phenoxy) is 1. The van der Waals surface area contributed by atoms with E-state index >= 15 is 0 Å². The first-order valence-electron chi connectivity index (χ1n) is 5.09. The first-order valence-corrected chi connectivity index (χ1v) is 5.88. The summed E-state index contributed by atoms with van der Waals surface area (Å²) < 4.78 is 6.51. The van der Waals surface area contributed by atoms with Gasteiger partial charge in [-0.2, -0.15) is 0 Å². The molecule has 1 aromatic rings. The molecule has 0 aliphatic rings. The fraction of sp³-hybridized carbons (Fsp3) is 0.500. The molecule has 0 atom stereocenters. The summed E-state index contributed by atoms with van der Waals surface area (Å²) >= 11 is 3.59. The molecule has 0 amide bonds. The van der Waals surface area contributed by atoms with Crippen LogP contribution in [0.5, 0.6) is 5.75 Å². The van der Waals surface area contributed by atoms with E-state index in [1.165, 1.54) is 16.7 Å². The number of halogens is 1. The summed E-state index contributed by atoms with van der Waals surface area (Å²) in [6.07, 6.45) is 0.986. The summed E-state index contributed by atoms with van der Waals surface area (Å²) in [6, 6.07) is 2.20. The maximum absolute atomic E-state index is 5.43. The molecule has 1 aromatic carbocycles. The van der Waals surface area contributed by atoms with Crippen molar-refractivity contribution in [1.82, 2.24) is 5.32 Å². The van der Waals surface area contributed by atoms with Gasteiger partial charge in [-0.1, -0.05) is 6.07 Å². The predicted molar refractivity (Wildman–Crippen MR) is 67.8 cm³/mol. The summed E-state index contributed by atoms with van der Waals surface area (Å²) in [6.45, 7) is 5.19. The number of likely N-dealkylation sites (N-methyl/N-ethyl adjacent to an activating group) is 1. The van der Waals surface area contributed by atoms with Gasteiger partial charge in [0, 0.05) is 0 Å². The highest BCUT2D eigenvalue weighted by Gasteiger charge is 2.11. The van der Waals surface area contributed by atoms with Crippen molar-refractivity contribution in [3.8, 4) is 5.75 Å². The van der Waals surface area contributed by atoms with Crippen molar-refractivity contribution in [3.63, 3.8) is 0 Å². The molecule has 0 saturated carbocycles. The Balaban J connectivity index is 3.13. The molecule has 0 fully saturated rings. The number of hydrogen-bond acceptors (Lipinski definition) is 2. The number of nitrogens with one attached hydrogen (secondary N) is 1. The molecule has 0 saturated heterocycles. The molecule has 0 aliphatic heterocycles. The van der Waals surface area contributed by atoms with E-state index in [-0.39, 0.29) is 0 Å². The highest BCUT2D eigenvalue weighted by molar-refractivity contribution is 9.10. The molecule has 0 radical (unpaired) electrons. The molecule has 0 spiro atoms. The van der Waals surface area contributed by atoms with Crippen molar-refractivity contribution in [1.29, 1.82) is 0 Å². The lowest BCUT2D eigenvalue weighted by atomic mass is 10.0. The molecule has 15 heavy (non-hydrogen) atoms. The summed E-state index contributed by atoms with van der Waals surface area (Å²) in [5.41, 5.74) is 3.80. The van der Waals surface area contributed by atoms with Gasteiger partial charge in [-0.15, -0.1) is 0 Å². The third kappa shape index (κ3) is 2.73. The summed E-state index contributed by atoms with van der Waals surface area (Å²) in [7, 11) is 3.68. The van der Waals surface area contributed by atoms with E-state index in [0.717, 1.165) is 23.2 Å².